The number of rotatable bonds is 7. The zero-order valence-electron chi connectivity index (χ0n) is 19.4. The number of ether oxygens (including phenoxy) is 1. The van der Waals surface area contributed by atoms with Crippen molar-refractivity contribution in [1.29, 1.82) is 0 Å². The van der Waals surface area contributed by atoms with Crippen LogP contribution in [0.15, 0.2) is 109 Å². The lowest BCUT2D eigenvalue weighted by atomic mass is 9.98. The summed E-state index contributed by atoms with van der Waals surface area (Å²) < 4.78 is 5.57. The standard InChI is InChI=1S/C30H24N2O4/c33-28(20-11-3-1-4-12-20)27(29(34)31-21-13-5-2-6-14-21)32-30(35)36-19-26-24-17-9-7-15-22(24)23-16-8-10-18-25(23)26/h1-18,26-27H,19H2,(H,31,34)(H,32,35). The maximum atomic E-state index is 13.2. The summed E-state index contributed by atoms with van der Waals surface area (Å²) >= 11 is 0. The molecule has 0 bridgehead atoms. The first-order chi connectivity index (χ1) is 17.6. The van der Waals surface area contributed by atoms with Gasteiger partial charge in [-0.15, -0.1) is 0 Å². The minimum absolute atomic E-state index is 0.0758. The second kappa shape index (κ2) is 10.3. The van der Waals surface area contributed by atoms with Gasteiger partial charge in [0.1, 0.15) is 6.61 Å². The third-order valence-corrected chi connectivity index (χ3v) is 6.23. The van der Waals surface area contributed by atoms with Crippen LogP contribution < -0.4 is 10.6 Å². The minimum Gasteiger partial charge on any atom is -0.449 e. The molecule has 2 amide bonds. The van der Waals surface area contributed by atoms with Gasteiger partial charge in [-0.2, -0.15) is 0 Å². The highest BCUT2D eigenvalue weighted by Gasteiger charge is 2.32. The number of alkyl carbamates (subject to hydrolysis) is 1. The van der Waals surface area contributed by atoms with Crippen LogP contribution in [0.4, 0.5) is 10.5 Å². The largest absolute Gasteiger partial charge is 0.449 e. The Balaban J connectivity index is 1.32. The molecule has 2 N–H and O–H groups in total. The van der Waals surface area contributed by atoms with Gasteiger partial charge in [-0.1, -0.05) is 97.1 Å². The lowest BCUT2D eigenvalue weighted by molar-refractivity contribution is -0.117. The van der Waals surface area contributed by atoms with Gasteiger partial charge < -0.3 is 15.4 Å². The average molecular weight is 477 g/mol. The number of ketones is 1. The molecule has 4 aromatic carbocycles. The Bertz CT molecular complexity index is 1360. The Hall–Kier alpha value is -4.71. The van der Waals surface area contributed by atoms with Crippen LogP contribution in [-0.2, 0) is 9.53 Å². The highest BCUT2D eigenvalue weighted by Crippen LogP contribution is 2.44. The number of fused-ring (bicyclic) bond motifs is 3. The molecule has 36 heavy (non-hydrogen) atoms. The van der Waals surface area contributed by atoms with Gasteiger partial charge >= 0.3 is 6.09 Å². The molecular weight excluding hydrogens is 452 g/mol. The molecule has 178 valence electrons. The molecule has 6 nitrogen and oxygen atoms in total. The van der Waals surface area contributed by atoms with Crippen LogP contribution in [0.5, 0.6) is 0 Å². The number of nitrogens with one attached hydrogen (secondary N) is 2. The SMILES string of the molecule is O=C(NC(C(=O)Nc1ccccc1)C(=O)c1ccccc1)OCC1c2ccccc2-c2ccccc21. The molecular formula is C30H24N2O4. The number of hydrogen-bond donors (Lipinski definition) is 2. The van der Waals surface area contributed by atoms with E-state index < -0.39 is 23.8 Å². The summed E-state index contributed by atoms with van der Waals surface area (Å²) in [7, 11) is 0. The molecule has 1 aliphatic rings. The van der Waals surface area contributed by atoms with Crippen LogP contribution in [0.3, 0.4) is 0 Å². The van der Waals surface area contributed by atoms with E-state index in [1.54, 1.807) is 54.6 Å². The third-order valence-electron chi connectivity index (χ3n) is 6.23. The number of Topliss-reactive ketones (excluding diaryl/α,β-unsaturated/α-hetero) is 1. The first-order valence-corrected chi connectivity index (χ1v) is 11.7. The van der Waals surface area contributed by atoms with E-state index in [0.29, 0.717) is 11.3 Å². The van der Waals surface area contributed by atoms with Crippen molar-refractivity contribution in [1.82, 2.24) is 5.32 Å². The molecule has 0 heterocycles. The molecule has 6 heteroatoms. The predicted molar refractivity (Wildman–Crippen MR) is 138 cm³/mol. The van der Waals surface area contributed by atoms with Gasteiger partial charge in [0.25, 0.3) is 5.91 Å². The maximum absolute atomic E-state index is 13.2. The zero-order valence-corrected chi connectivity index (χ0v) is 19.4. The van der Waals surface area contributed by atoms with Crippen LogP contribution in [0, 0.1) is 0 Å². The average Bonchev–Trinajstić information content (AvgIpc) is 3.25. The van der Waals surface area contributed by atoms with Crippen molar-refractivity contribution in [2.75, 3.05) is 11.9 Å². The fourth-order valence-electron chi connectivity index (χ4n) is 4.51. The zero-order chi connectivity index (χ0) is 24.9. The monoisotopic (exact) mass is 476 g/mol. The molecule has 1 aliphatic carbocycles. The van der Waals surface area contributed by atoms with E-state index in [0.717, 1.165) is 22.3 Å². The van der Waals surface area contributed by atoms with Crippen LogP contribution in [0.1, 0.15) is 27.4 Å². The molecule has 0 saturated carbocycles. The van der Waals surface area contributed by atoms with Crippen LogP contribution in [0.2, 0.25) is 0 Å². The summed E-state index contributed by atoms with van der Waals surface area (Å²) in [6.07, 6.45) is -0.839. The van der Waals surface area contributed by atoms with Crippen molar-refractivity contribution in [2.24, 2.45) is 0 Å². The molecule has 0 aromatic heterocycles. The smallest absolute Gasteiger partial charge is 0.408 e. The Morgan fingerprint density at radius 2 is 1.22 bits per heavy atom. The summed E-state index contributed by atoms with van der Waals surface area (Å²) in [4.78, 5) is 39.1. The highest BCUT2D eigenvalue weighted by molar-refractivity contribution is 6.18. The van der Waals surface area contributed by atoms with Gasteiger partial charge in [-0.3, -0.25) is 9.59 Å². The van der Waals surface area contributed by atoms with Gasteiger partial charge in [0.2, 0.25) is 0 Å². The number of amides is 2. The molecule has 0 aliphatic heterocycles. The lowest BCUT2D eigenvalue weighted by Gasteiger charge is -2.19. The van der Waals surface area contributed by atoms with Crippen molar-refractivity contribution in [3.63, 3.8) is 0 Å². The number of hydrogen-bond acceptors (Lipinski definition) is 4. The van der Waals surface area contributed by atoms with Gasteiger partial charge in [0.15, 0.2) is 11.8 Å². The van der Waals surface area contributed by atoms with Crippen molar-refractivity contribution in [3.05, 3.63) is 126 Å². The Morgan fingerprint density at radius 1 is 0.694 bits per heavy atom. The van der Waals surface area contributed by atoms with Gasteiger partial charge in [-0.25, -0.2) is 4.79 Å². The number of carbonyl (C=O) groups is 3. The van der Waals surface area contributed by atoms with Gasteiger partial charge in [0.05, 0.1) is 0 Å². The first-order valence-electron chi connectivity index (χ1n) is 11.7. The molecule has 1 atom stereocenters. The summed E-state index contributed by atoms with van der Waals surface area (Å²) in [6, 6.07) is 31.7. The van der Waals surface area contributed by atoms with Crippen molar-refractivity contribution in [2.45, 2.75) is 12.0 Å². The van der Waals surface area contributed by atoms with E-state index in [9.17, 15) is 14.4 Å². The highest BCUT2D eigenvalue weighted by atomic mass is 16.5. The number of benzene rings is 4. The van der Waals surface area contributed by atoms with E-state index >= 15 is 0 Å². The summed E-state index contributed by atoms with van der Waals surface area (Å²) in [5.41, 5.74) is 5.20. The predicted octanol–water partition coefficient (Wildman–Crippen LogP) is 5.42. The quantitative estimate of drug-likeness (QED) is 0.276. The molecule has 4 aromatic rings. The molecule has 1 unspecified atom stereocenters. The second-order valence-corrected chi connectivity index (χ2v) is 8.49. The van der Waals surface area contributed by atoms with Crippen LogP contribution in [0.25, 0.3) is 11.1 Å². The number of para-hydroxylation sites is 1. The van der Waals surface area contributed by atoms with Crippen LogP contribution >= 0.6 is 0 Å². The second-order valence-electron chi connectivity index (χ2n) is 8.49. The summed E-state index contributed by atoms with van der Waals surface area (Å²) in [5.74, 6) is -1.31. The van der Waals surface area contributed by atoms with E-state index in [2.05, 4.69) is 22.8 Å². The van der Waals surface area contributed by atoms with Gasteiger partial charge in [0, 0.05) is 17.2 Å². The van der Waals surface area contributed by atoms with Crippen molar-refractivity contribution >= 4 is 23.5 Å². The number of carbonyl (C=O) groups excluding carboxylic acids is 3. The van der Waals surface area contributed by atoms with Crippen molar-refractivity contribution in [3.8, 4) is 11.1 Å². The molecule has 0 radical (unpaired) electrons. The number of anilines is 1. The molecule has 5 rings (SSSR count). The van der Waals surface area contributed by atoms with E-state index in [1.165, 1.54) is 0 Å². The molecule has 0 fully saturated rings. The normalized spacial score (nSPS) is 12.7. The van der Waals surface area contributed by atoms with E-state index in [1.807, 2.05) is 42.5 Å². The summed E-state index contributed by atoms with van der Waals surface area (Å²) in [6.45, 7) is 0.0758. The van der Waals surface area contributed by atoms with Crippen LogP contribution in [-0.4, -0.2) is 30.4 Å². The maximum Gasteiger partial charge on any atom is 0.408 e. The fourth-order valence-corrected chi connectivity index (χ4v) is 4.51. The molecule has 0 saturated heterocycles. The fraction of sp³-hybridized carbons (Fsp3) is 0.100. The topological polar surface area (TPSA) is 84.5 Å². The third kappa shape index (κ3) is 4.74. The lowest BCUT2D eigenvalue weighted by Crippen LogP contribution is -2.49. The Labute approximate surface area is 208 Å². The molecule has 0 spiro atoms. The van der Waals surface area contributed by atoms with E-state index in [4.69, 9.17) is 4.74 Å². The van der Waals surface area contributed by atoms with Gasteiger partial charge in [-0.05, 0) is 34.4 Å². The van der Waals surface area contributed by atoms with E-state index in [-0.39, 0.29) is 12.5 Å². The Morgan fingerprint density at radius 3 is 1.83 bits per heavy atom. The Kier molecular flexibility index (Phi) is 6.58. The first kappa shape index (κ1) is 23.1. The summed E-state index contributed by atoms with van der Waals surface area (Å²) in [5, 5.41) is 5.18. The minimum atomic E-state index is -1.46. The van der Waals surface area contributed by atoms with Crippen molar-refractivity contribution < 1.29 is 19.1 Å².